The summed E-state index contributed by atoms with van der Waals surface area (Å²) in [6, 6.07) is -0.333. The van der Waals surface area contributed by atoms with E-state index >= 15 is 0 Å². The molecule has 0 aromatic carbocycles. The highest BCUT2D eigenvalue weighted by molar-refractivity contribution is 7.89. The summed E-state index contributed by atoms with van der Waals surface area (Å²) < 4.78 is 26.3. The minimum atomic E-state index is -3.58. The molecule has 0 saturated carbocycles. The van der Waals surface area contributed by atoms with Crippen LogP contribution in [-0.4, -0.2) is 48.3 Å². The zero-order chi connectivity index (χ0) is 13.2. The van der Waals surface area contributed by atoms with E-state index in [2.05, 4.69) is 14.7 Å². The molecule has 1 saturated heterocycles. The number of nitrogens with zero attached hydrogens (tertiary/aromatic N) is 2. The maximum Gasteiger partial charge on any atom is 0.257 e. The molecule has 2 heterocycles. The van der Waals surface area contributed by atoms with Gasteiger partial charge in [-0.2, -0.15) is 0 Å². The summed E-state index contributed by atoms with van der Waals surface area (Å²) in [7, 11) is -3.58. The van der Waals surface area contributed by atoms with Crippen LogP contribution in [0.25, 0.3) is 0 Å². The SMILES string of the molecule is CC(CN1CCCC1=O)NS(=O)(=O)c1cnc[nH]1. The molecule has 1 atom stereocenters. The normalized spacial score (nSPS) is 18.3. The molecule has 1 fully saturated rings. The minimum Gasteiger partial charge on any atom is -0.341 e. The third kappa shape index (κ3) is 2.88. The first-order valence-electron chi connectivity index (χ1n) is 5.77. The van der Waals surface area contributed by atoms with Crippen LogP contribution in [0.1, 0.15) is 19.8 Å². The number of hydrogen-bond acceptors (Lipinski definition) is 4. The summed E-state index contributed by atoms with van der Waals surface area (Å²) in [5, 5.41) is 0.0297. The van der Waals surface area contributed by atoms with Gasteiger partial charge in [0.15, 0.2) is 5.03 Å². The van der Waals surface area contributed by atoms with Crippen LogP contribution in [0, 0.1) is 0 Å². The molecule has 0 bridgehead atoms. The Morgan fingerprint density at radius 2 is 2.39 bits per heavy atom. The predicted octanol–water partition coefficient (Wildman–Crippen LogP) is -0.301. The number of nitrogens with one attached hydrogen (secondary N) is 2. The number of carbonyl (C=O) groups is 1. The van der Waals surface area contributed by atoms with Gasteiger partial charge in [0.2, 0.25) is 5.91 Å². The van der Waals surface area contributed by atoms with E-state index in [9.17, 15) is 13.2 Å². The molecule has 0 aliphatic carbocycles. The second-order valence-corrected chi connectivity index (χ2v) is 6.06. The van der Waals surface area contributed by atoms with Gasteiger partial charge in [-0.15, -0.1) is 0 Å². The van der Waals surface area contributed by atoms with Gasteiger partial charge in [-0.25, -0.2) is 18.1 Å². The van der Waals surface area contributed by atoms with E-state index in [1.807, 2.05) is 0 Å². The van der Waals surface area contributed by atoms with Crippen LogP contribution >= 0.6 is 0 Å². The number of aromatic nitrogens is 2. The van der Waals surface area contributed by atoms with Crippen molar-refractivity contribution in [3.8, 4) is 0 Å². The molecule has 18 heavy (non-hydrogen) atoms. The quantitative estimate of drug-likeness (QED) is 0.769. The van der Waals surface area contributed by atoms with Crippen LogP contribution in [0.4, 0.5) is 0 Å². The van der Waals surface area contributed by atoms with Crippen molar-refractivity contribution < 1.29 is 13.2 Å². The molecule has 1 aromatic heterocycles. The van der Waals surface area contributed by atoms with Gasteiger partial charge in [0.05, 0.1) is 12.5 Å². The van der Waals surface area contributed by atoms with Crippen molar-refractivity contribution in [2.45, 2.75) is 30.8 Å². The average molecular weight is 272 g/mol. The van der Waals surface area contributed by atoms with Gasteiger partial charge in [-0.05, 0) is 13.3 Å². The molecule has 0 radical (unpaired) electrons. The average Bonchev–Trinajstić information content (AvgIpc) is 2.90. The Kier molecular flexibility index (Phi) is 3.67. The summed E-state index contributed by atoms with van der Waals surface area (Å²) in [4.78, 5) is 19.3. The van der Waals surface area contributed by atoms with E-state index in [4.69, 9.17) is 0 Å². The zero-order valence-electron chi connectivity index (χ0n) is 10.1. The number of aromatic amines is 1. The molecule has 1 aromatic rings. The number of amides is 1. The van der Waals surface area contributed by atoms with Gasteiger partial charge in [0.1, 0.15) is 0 Å². The van der Waals surface area contributed by atoms with Crippen molar-refractivity contribution in [3.05, 3.63) is 12.5 Å². The number of likely N-dealkylation sites (tertiary alicyclic amines) is 1. The second-order valence-electron chi connectivity index (χ2n) is 4.38. The highest BCUT2D eigenvalue weighted by atomic mass is 32.2. The van der Waals surface area contributed by atoms with E-state index in [-0.39, 0.29) is 17.0 Å². The van der Waals surface area contributed by atoms with Crippen LogP contribution in [0.5, 0.6) is 0 Å². The molecule has 2 N–H and O–H groups in total. The maximum atomic E-state index is 11.9. The first kappa shape index (κ1) is 13.0. The lowest BCUT2D eigenvalue weighted by Gasteiger charge is -2.21. The van der Waals surface area contributed by atoms with Crippen LogP contribution in [0.2, 0.25) is 0 Å². The van der Waals surface area contributed by atoms with Gasteiger partial charge in [0.25, 0.3) is 10.0 Å². The monoisotopic (exact) mass is 272 g/mol. The van der Waals surface area contributed by atoms with Crippen molar-refractivity contribution in [1.29, 1.82) is 0 Å². The molecule has 2 rings (SSSR count). The van der Waals surface area contributed by atoms with Gasteiger partial charge < -0.3 is 9.88 Å². The fourth-order valence-corrected chi connectivity index (χ4v) is 3.12. The first-order chi connectivity index (χ1) is 8.49. The Morgan fingerprint density at radius 3 is 2.94 bits per heavy atom. The van der Waals surface area contributed by atoms with Crippen LogP contribution in [-0.2, 0) is 14.8 Å². The molecule has 7 nitrogen and oxygen atoms in total. The van der Waals surface area contributed by atoms with Crippen molar-refractivity contribution in [2.24, 2.45) is 0 Å². The number of imidazole rings is 1. The molecule has 8 heteroatoms. The Balaban J connectivity index is 1.95. The molecule has 1 aliphatic heterocycles. The number of sulfonamides is 1. The molecular weight excluding hydrogens is 256 g/mol. The fourth-order valence-electron chi connectivity index (χ4n) is 1.98. The Hall–Kier alpha value is -1.41. The van der Waals surface area contributed by atoms with E-state index in [1.54, 1.807) is 11.8 Å². The van der Waals surface area contributed by atoms with Gasteiger partial charge in [-0.3, -0.25) is 4.79 Å². The molecule has 100 valence electrons. The lowest BCUT2D eigenvalue weighted by molar-refractivity contribution is -0.127. The number of carbonyl (C=O) groups excluding carboxylic acids is 1. The molecule has 1 unspecified atom stereocenters. The largest absolute Gasteiger partial charge is 0.341 e. The van der Waals surface area contributed by atoms with E-state index in [1.165, 1.54) is 12.5 Å². The van der Waals surface area contributed by atoms with Crippen molar-refractivity contribution >= 4 is 15.9 Å². The Bertz CT molecular complexity index is 511. The Morgan fingerprint density at radius 1 is 1.61 bits per heavy atom. The van der Waals surface area contributed by atoms with Gasteiger partial charge in [0, 0.05) is 25.6 Å². The van der Waals surface area contributed by atoms with E-state index < -0.39 is 10.0 Å². The summed E-state index contributed by atoms with van der Waals surface area (Å²) in [5.74, 6) is 0.0857. The highest BCUT2D eigenvalue weighted by Gasteiger charge is 2.24. The standard InChI is InChI=1S/C10H16N4O3S/c1-8(6-14-4-2-3-10(14)15)13-18(16,17)9-5-11-7-12-9/h5,7-8,13H,2-4,6H2,1H3,(H,11,12). The first-order valence-corrected chi connectivity index (χ1v) is 7.26. The third-order valence-electron chi connectivity index (χ3n) is 2.78. The zero-order valence-corrected chi connectivity index (χ0v) is 10.9. The van der Waals surface area contributed by atoms with Gasteiger partial charge in [-0.1, -0.05) is 0 Å². The van der Waals surface area contributed by atoms with Gasteiger partial charge >= 0.3 is 0 Å². The summed E-state index contributed by atoms with van der Waals surface area (Å²) >= 11 is 0. The molecule has 1 amide bonds. The van der Waals surface area contributed by atoms with Crippen LogP contribution in [0.15, 0.2) is 17.6 Å². The van der Waals surface area contributed by atoms with E-state index in [0.29, 0.717) is 19.5 Å². The lowest BCUT2D eigenvalue weighted by Crippen LogP contribution is -2.42. The smallest absolute Gasteiger partial charge is 0.257 e. The van der Waals surface area contributed by atoms with Crippen LogP contribution in [0.3, 0.4) is 0 Å². The fraction of sp³-hybridized carbons (Fsp3) is 0.600. The minimum absolute atomic E-state index is 0.0297. The van der Waals surface area contributed by atoms with Crippen molar-refractivity contribution in [2.75, 3.05) is 13.1 Å². The van der Waals surface area contributed by atoms with E-state index in [0.717, 1.165) is 6.42 Å². The summed E-state index contributed by atoms with van der Waals surface area (Å²) in [6.45, 7) is 2.83. The van der Waals surface area contributed by atoms with Crippen LogP contribution < -0.4 is 4.72 Å². The summed E-state index contributed by atoms with van der Waals surface area (Å²) in [6.07, 6.45) is 3.96. The Labute approximate surface area is 106 Å². The number of rotatable bonds is 5. The maximum absolute atomic E-state index is 11.9. The highest BCUT2D eigenvalue weighted by Crippen LogP contribution is 2.11. The number of hydrogen-bond donors (Lipinski definition) is 2. The summed E-state index contributed by atoms with van der Waals surface area (Å²) in [5.41, 5.74) is 0. The molecule has 0 spiro atoms. The predicted molar refractivity (Wildman–Crippen MR) is 64.2 cm³/mol. The van der Waals surface area contributed by atoms with Crippen molar-refractivity contribution in [1.82, 2.24) is 19.6 Å². The topological polar surface area (TPSA) is 95.2 Å². The van der Waals surface area contributed by atoms with Crippen molar-refractivity contribution in [3.63, 3.8) is 0 Å². The third-order valence-corrected chi connectivity index (χ3v) is 4.30. The molecular formula is C10H16N4O3S. The second kappa shape index (κ2) is 5.07. The number of H-pyrrole nitrogens is 1. The molecule has 1 aliphatic rings. The lowest BCUT2D eigenvalue weighted by atomic mass is 10.3.